The van der Waals surface area contributed by atoms with E-state index in [-0.39, 0.29) is 25.5 Å². The highest BCUT2D eigenvalue weighted by molar-refractivity contribution is 5.68. The van der Waals surface area contributed by atoms with E-state index >= 15 is 0 Å². The van der Waals surface area contributed by atoms with Gasteiger partial charge in [-0.3, -0.25) is 0 Å². The predicted molar refractivity (Wildman–Crippen MR) is 80.1 cm³/mol. The number of nitrogens with one attached hydrogen (secondary N) is 1. The summed E-state index contributed by atoms with van der Waals surface area (Å²) in [5, 5.41) is 11.2. The highest BCUT2D eigenvalue weighted by atomic mass is 19.1. The first kappa shape index (κ1) is 17.8. The number of ether oxygens (including phenoxy) is 2. The largest absolute Gasteiger partial charge is 0.487 e. The van der Waals surface area contributed by atoms with Crippen LogP contribution in [0.3, 0.4) is 0 Å². The maximum atomic E-state index is 13.6. The van der Waals surface area contributed by atoms with Gasteiger partial charge in [0.25, 0.3) is 0 Å². The van der Waals surface area contributed by atoms with Crippen LogP contribution in [0.25, 0.3) is 0 Å². The SMILES string of the molecule is CC(C)(C)OC(=O)NCC#Cc1cccc(F)c1OCCO. The minimum atomic E-state index is -0.578. The Labute approximate surface area is 129 Å². The molecule has 0 bridgehead atoms. The van der Waals surface area contributed by atoms with Crippen LogP contribution in [0.1, 0.15) is 26.3 Å². The zero-order valence-corrected chi connectivity index (χ0v) is 12.9. The third-order valence-corrected chi connectivity index (χ3v) is 2.25. The van der Waals surface area contributed by atoms with Crippen LogP contribution in [0.4, 0.5) is 9.18 Å². The third-order valence-electron chi connectivity index (χ3n) is 2.25. The molecular formula is C16H20FNO4. The maximum absolute atomic E-state index is 13.6. The van der Waals surface area contributed by atoms with Crippen molar-refractivity contribution in [1.29, 1.82) is 0 Å². The summed E-state index contributed by atoms with van der Waals surface area (Å²) < 4.78 is 23.8. The summed E-state index contributed by atoms with van der Waals surface area (Å²) in [7, 11) is 0. The van der Waals surface area contributed by atoms with Crippen LogP contribution in [0.5, 0.6) is 5.75 Å². The standard InChI is InChI=1S/C16H20FNO4/c1-16(2,3)22-15(20)18-9-5-7-12-6-4-8-13(17)14(12)21-11-10-19/h4,6,8,19H,9-11H2,1-3H3,(H,18,20). The van der Waals surface area contributed by atoms with Gasteiger partial charge < -0.3 is 19.9 Å². The Bertz CT molecular complexity index is 570. The number of hydrogen-bond acceptors (Lipinski definition) is 4. The van der Waals surface area contributed by atoms with Gasteiger partial charge in [0, 0.05) is 0 Å². The van der Waals surface area contributed by atoms with Crippen LogP contribution >= 0.6 is 0 Å². The van der Waals surface area contributed by atoms with Crippen molar-refractivity contribution in [3.05, 3.63) is 29.6 Å². The van der Waals surface area contributed by atoms with Crippen molar-refractivity contribution in [3.8, 4) is 17.6 Å². The number of benzene rings is 1. The maximum Gasteiger partial charge on any atom is 0.408 e. The molecular weight excluding hydrogens is 289 g/mol. The van der Waals surface area contributed by atoms with Crippen molar-refractivity contribution in [2.75, 3.05) is 19.8 Å². The number of rotatable bonds is 4. The van der Waals surface area contributed by atoms with Gasteiger partial charge in [-0.15, -0.1) is 0 Å². The Morgan fingerprint density at radius 2 is 2.14 bits per heavy atom. The number of para-hydroxylation sites is 1. The van der Waals surface area contributed by atoms with E-state index in [2.05, 4.69) is 17.2 Å². The Morgan fingerprint density at radius 3 is 2.77 bits per heavy atom. The number of halogens is 1. The first-order valence-corrected chi connectivity index (χ1v) is 6.81. The summed E-state index contributed by atoms with van der Waals surface area (Å²) in [5.41, 5.74) is -0.231. The molecule has 5 nitrogen and oxygen atoms in total. The molecule has 120 valence electrons. The molecule has 0 aliphatic rings. The van der Waals surface area contributed by atoms with E-state index in [0.29, 0.717) is 5.56 Å². The molecule has 0 aliphatic carbocycles. The summed E-state index contributed by atoms with van der Waals surface area (Å²) in [5.74, 6) is 4.84. The van der Waals surface area contributed by atoms with Crippen molar-refractivity contribution < 1.29 is 23.8 Å². The smallest absolute Gasteiger partial charge is 0.408 e. The first-order valence-electron chi connectivity index (χ1n) is 6.81. The zero-order valence-electron chi connectivity index (χ0n) is 12.9. The van der Waals surface area contributed by atoms with Crippen molar-refractivity contribution in [3.63, 3.8) is 0 Å². The molecule has 0 radical (unpaired) electrons. The number of aliphatic hydroxyl groups is 1. The third kappa shape index (κ3) is 6.46. The average molecular weight is 309 g/mol. The molecule has 1 aromatic carbocycles. The van der Waals surface area contributed by atoms with Gasteiger partial charge in [-0.1, -0.05) is 17.9 Å². The van der Waals surface area contributed by atoms with Gasteiger partial charge in [-0.25, -0.2) is 9.18 Å². The summed E-state index contributed by atoms with van der Waals surface area (Å²) in [4.78, 5) is 11.4. The summed E-state index contributed by atoms with van der Waals surface area (Å²) in [6, 6.07) is 4.35. The molecule has 0 saturated carbocycles. The molecule has 0 fully saturated rings. The molecule has 0 atom stereocenters. The number of amides is 1. The van der Waals surface area contributed by atoms with Gasteiger partial charge in [-0.05, 0) is 32.9 Å². The summed E-state index contributed by atoms with van der Waals surface area (Å²) >= 11 is 0. The predicted octanol–water partition coefficient (Wildman–Crippen LogP) is 2.07. The van der Waals surface area contributed by atoms with Crippen LogP contribution in [-0.4, -0.2) is 36.6 Å². The molecule has 1 aromatic rings. The fourth-order valence-corrected chi connectivity index (χ4v) is 1.47. The van der Waals surface area contributed by atoms with Gasteiger partial charge in [0.05, 0.1) is 18.7 Å². The molecule has 0 saturated heterocycles. The second-order valence-electron chi connectivity index (χ2n) is 5.35. The fraction of sp³-hybridized carbons (Fsp3) is 0.438. The molecule has 0 spiro atoms. The molecule has 6 heteroatoms. The molecule has 0 unspecified atom stereocenters. The van der Waals surface area contributed by atoms with Gasteiger partial charge in [0.2, 0.25) is 0 Å². The van der Waals surface area contributed by atoms with Crippen LogP contribution in [-0.2, 0) is 4.74 Å². The van der Waals surface area contributed by atoms with Crippen LogP contribution in [0.2, 0.25) is 0 Å². The Morgan fingerprint density at radius 1 is 1.41 bits per heavy atom. The van der Waals surface area contributed by atoms with Crippen molar-refractivity contribution >= 4 is 6.09 Å². The molecule has 0 aliphatic heterocycles. The van der Waals surface area contributed by atoms with E-state index in [1.165, 1.54) is 12.1 Å². The van der Waals surface area contributed by atoms with E-state index in [9.17, 15) is 9.18 Å². The quantitative estimate of drug-likeness (QED) is 0.836. The highest BCUT2D eigenvalue weighted by Gasteiger charge is 2.15. The highest BCUT2D eigenvalue weighted by Crippen LogP contribution is 2.21. The van der Waals surface area contributed by atoms with E-state index in [0.717, 1.165) is 0 Å². The lowest BCUT2D eigenvalue weighted by Gasteiger charge is -2.19. The number of hydrogen-bond donors (Lipinski definition) is 2. The number of alkyl carbamates (subject to hydrolysis) is 1. The lowest BCUT2D eigenvalue weighted by Crippen LogP contribution is -2.32. The normalized spacial score (nSPS) is 10.4. The second-order valence-corrected chi connectivity index (χ2v) is 5.35. The van der Waals surface area contributed by atoms with Crippen molar-refractivity contribution in [2.45, 2.75) is 26.4 Å². The Hall–Kier alpha value is -2.26. The van der Waals surface area contributed by atoms with Gasteiger partial charge in [0.1, 0.15) is 12.2 Å². The number of aliphatic hydroxyl groups excluding tert-OH is 1. The number of carbonyl (C=O) groups excluding carboxylic acids is 1. The van der Waals surface area contributed by atoms with E-state index < -0.39 is 17.5 Å². The topological polar surface area (TPSA) is 67.8 Å². The Kier molecular flexibility index (Phi) is 6.67. The monoisotopic (exact) mass is 309 g/mol. The molecule has 0 heterocycles. The van der Waals surface area contributed by atoms with Crippen molar-refractivity contribution in [2.24, 2.45) is 0 Å². The van der Waals surface area contributed by atoms with Crippen LogP contribution in [0.15, 0.2) is 18.2 Å². The summed E-state index contributed by atoms with van der Waals surface area (Å²) in [6.07, 6.45) is -0.571. The molecule has 1 amide bonds. The Balaban J connectivity index is 2.65. The minimum Gasteiger partial charge on any atom is -0.487 e. The van der Waals surface area contributed by atoms with E-state index in [4.69, 9.17) is 14.6 Å². The van der Waals surface area contributed by atoms with Crippen LogP contribution < -0.4 is 10.1 Å². The van der Waals surface area contributed by atoms with Gasteiger partial charge >= 0.3 is 6.09 Å². The summed E-state index contributed by atoms with van der Waals surface area (Å²) in [6.45, 7) is 5.10. The molecule has 0 aromatic heterocycles. The minimum absolute atomic E-state index is 0.0127. The fourth-order valence-electron chi connectivity index (χ4n) is 1.47. The van der Waals surface area contributed by atoms with Gasteiger partial charge in [-0.2, -0.15) is 0 Å². The van der Waals surface area contributed by atoms with E-state index in [1.54, 1.807) is 26.8 Å². The average Bonchev–Trinajstić information content (AvgIpc) is 2.41. The zero-order chi connectivity index (χ0) is 16.6. The van der Waals surface area contributed by atoms with E-state index in [1.807, 2.05) is 0 Å². The molecule has 22 heavy (non-hydrogen) atoms. The lowest BCUT2D eigenvalue weighted by molar-refractivity contribution is 0.0535. The number of carbonyl (C=O) groups is 1. The molecule has 2 N–H and O–H groups in total. The van der Waals surface area contributed by atoms with Gasteiger partial charge in [0.15, 0.2) is 11.6 Å². The van der Waals surface area contributed by atoms with Crippen molar-refractivity contribution in [1.82, 2.24) is 5.32 Å². The van der Waals surface area contributed by atoms with Crippen LogP contribution in [0, 0.1) is 17.7 Å². The lowest BCUT2D eigenvalue weighted by atomic mass is 10.2. The first-order chi connectivity index (χ1) is 10.3. The molecule has 1 rings (SSSR count). The second kappa shape index (κ2) is 8.25.